The van der Waals surface area contributed by atoms with E-state index in [0.717, 1.165) is 18.2 Å². The lowest BCUT2D eigenvalue weighted by Crippen LogP contribution is -2.31. The molecule has 0 aliphatic rings. The Balaban J connectivity index is 1.98. The Morgan fingerprint density at radius 2 is 1.61 bits per heavy atom. The summed E-state index contributed by atoms with van der Waals surface area (Å²) in [5.74, 6) is -5.43. The molecule has 1 atom stereocenters. The van der Waals surface area contributed by atoms with Gasteiger partial charge in [-0.1, -0.05) is 46.9 Å². The van der Waals surface area contributed by atoms with Crippen LogP contribution in [0.5, 0.6) is 0 Å². The van der Waals surface area contributed by atoms with E-state index in [-0.39, 0.29) is 33.0 Å². The average molecular weight is 666 g/mol. The van der Waals surface area contributed by atoms with Crippen molar-refractivity contribution < 1.29 is 35.5 Å². The fourth-order valence-electron chi connectivity index (χ4n) is 3.17. The van der Waals surface area contributed by atoms with Crippen molar-refractivity contribution in [3.63, 3.8) is 0 Å². The maximum absolute atomic E-state index is 15.0. The highest BCUT2D eigenvalue weighted by Gasteiger charge is 2.41. The van der Waals surface area contributed by atoms with Gasteiger partial charge in [-0.05, 0) is 64.0 Å². The van der Waals surface area contributed by atoms with Gasteiger partial charge in [-0.3, -0.25) is 15.6 Å². The Bertz CT molecular complexity index is 1370. The quantitative estimate of drug-likeness (QED) is 0.120. The van der Waals surface area contributed by atoms with E-state index in [4.69, 9.17) is 34.8 Å². The number of hydrogen-bond donors (Lipinski definition) is 2. The third-order valence-corrected chi connectivity index (χ3v) is 6.53. The fraction of sp³-hybridized carbons (Fsp3) is 0.130. The lowest BCUT2D eigenvalue weighted by molar-refractivity contribution is -0.140. The first-order valence-corrected chi connectivity index (χ1v) is 12.0. The number of nitrogens with zero attached hydrogens (tertiary/aromatic N) is 1. The molecule has 1 amide bonds. The number of amides is 1. The number of allylic oxidation sites excluding steroid dienone is 1. The number of hydrazine groups is 1. The van der Waals surface area contributed by atoms with Gasteiger partial charge in [0.05, 0.1) is 26.2 Å². The third-order valence-electron chi connectivity index (χ3n) is 4.90. The second-order valence-electron chi connectivity index (χ2n) is 7.52. The summed E-state index contributed by atoms with van der Waals surface area (Å²) in [6.45, 7) is 0. The number of nitrogens with one attached hydrogen (secondary N) is 2. The van der Waals surface area contributed by atoms with Crippen LogP contribution in [0.3, 0.4) is 0 Å². The second kappa shape index (κ2) is 11.7. The van der Waals surface area contributed by atoms with Crippen LogP contribution in [0.25, 0.3) is 5.83 Å². The van der Waals surface area contributed by atoms with Crippen molar-refractivity contribution in [1.29, 1.82) is 0 Å². The van der Waals surface area contributed by atoms with E-state index < -0.39 is 52.3 Å². The van der Waals surface area contributed by atoms with Crippen molar-refractivity contribution in [3.05, 3.63) is 96.5 Å². The van der Waals surface area contributed by atoms with Gasteiger partial charge < -0.3 is 0 Å². The van der Waals surface area contributed by atoms with Crippen LogP contribution in [0.1, 0.15) is 33.0 Å². The van der Waals surface area contributed by atoms with Crippen LogP contribution in [0, 0.1) is 0 Å². The molecule has 202 valence electrons. The van der Waals surface area contributed by atoms with E-state index in [1.54, 1.807) is 6.07 Å². The minimum absolute atomic E-state index is 0.0750. The van der Waals surface area contributed by atoms with Gasteiger partial charge >= 0.3 is 12.4 Å². The zero-order chi connectivity index (χ0) is 28.4. The number of rotatable bonds is 6. The topological polar surface area (TPSA) is 54.0 Å². The van der Waals surface area contributed by atoms with Crippen LogP contribution in [0.2, 0.25) is 15.1 Å². The Labute approximate surface area is 233 Å². The first kappa shape index (κ1) is 30.0. The molecule has 0 fully saturated rings. The molecule has 0 aliphatic carbocycles. The van der Waals surface area contributed by atoms with Gasteiger partial charge in [0.15, 0.2) is 0 Å². The van der Waals surface area contributed by atoms with Crippen molar-refractivity contribution in [2.75, 3.05) is 5.43 Å². The maximum Gasteiger partial charge on any atom is 0.417 e. The summed E-state index contributed by atoms with van der Waals surface area (Å²) in [5.41, 5.74) is 0.410. The number of pyridine rings is 1. The van der Waals surface area contributed by atoms with Crippen molar-refractivity contribution in [3.8, 4) is 0 Å². The zero-order valence-corrected chi connectivity index (χ0v) is 22.1. The first-order chi connectivity index (χ1) is 17.6. The van der Waals surface area contributed by atoms with Gasteiger partial charge in [-0.15, -0.1) is 0 Å². The van der Waals surface area contributed by atoms with Gasteiger partial charge in [0.2, 0.25) is 0 Å². The molecular formula is C23H12BrCl3F7N3O. The molecule has 3 aromatic rings. The molecule has 2 N–H and O–H groups in total. The van der Waals surface area contributed by atoms with Gasteiger partial charge in [0, 0.05) is 5.56 Å². The average Bonchev–Trinajstić information content (AvgIpc) is 2.82. The Kier molecular flexibility index (Phi) is 9.23. The van der Waals surface area contributed by atoms with E-state index in [9.17, 15) is 35.5 Å². The summed E-state index contributed by atoms with van der Waals surface area (Å²) in [6.07, 6.45) is -10.2. The molecule has 0 bridgehead atoms. The van der Waals surface area contributed by atoms with Crippen LogP contribution < -0.4 is 10.9 Å². The van der Waals surface area contributed by atoms with Gasteiger partial charge in [0.1, 0.15) is 22.2 Å². The predicted octanol–water partition coefficient (Wildman–Crippen LogP) is 9.24. The number of carbonyl (C=O) groups excluding carboxylic acids is 1. The zero-order valence-electron chi connectivity index (χ0n) is 18.3. The molecule has 0 radical (unpaired) electrons. The van der Waals surface area contributed by atoms with Crippen molar-refractivity contribution in [2.45, 2.75) is 18.3 Å². The molecule has 38 heavy (non-hydrogen) atoms. The summed E-state index contributed by atoms with van der Waals surface area (Å²) in [6, 6.07) is 7.76. The number of carbonyl (C=O) groups is 1. The molecule has 1 heterocycles. The summed E-state index contributed by atoms with van der Waals surface area (Å²) >= 11 is 20.4. The maximum atomic E-state index is 15.0. The summed E-state index contributed by atoms with van der Waals surface area (Å²) in [5, 5.41) is -0.895. The van der Waals surface area contributed by atoms with Crippen LogP contribution in [-0.2, 0) is 6.18 Å². The molecule has 2 aromatic carbocycles. The van der Waals surface area contributed by atoms with Crippen LogP contribution in [-0.4, -0.2) is 17.1 Å². The van der Waals surface area contributed by atoms with Crippen molar-refractivity contribution >= 4 is 68.3 Å². The largest absolute Gasteiger partial charge is 0.417 e. The number of halogens is 11. The molecule has 1 aromatic heterocycles. The van der Waals surface area contributed by atoms with E-state index in [1.165, 1.54) is 12.1 Å². The Morgan fingerprint density at radius 1 is 0.974 bits per heavy atom. The third kappa shape index (κ3) is 7.31. The number of anilines is 1. The van der Waals surface area contributed by atoms with E-state index in [0.29, 0.717) is 10.7 Å². The highest BCUT2D eigenvalue weighted by Crippen LogP contribution is 2.42. The summed E-state index contributed by atoms with van der Waals surface area (Å²) in [4.78, 5) is 16.4. The Hall–Kier alpha value is -2.54. The number of hydrogen-bond acceptors (Lipinski definition) is 3. The van der Waals surface area contributed by atoms with Crippen LogP contribution in [0.15, 0.2) is 59.2 Å². The molecule has 15 heteroatoms. The van der Waals surface area contributed by atoms with Crippen LogP contribution in [0.4, 0.5) is 36.6 Å². The molecule has 4 nitrogen and oxygen atoms in total. The van der Waals surface area contributed by atoms with E-state index in [1.807, 2.05) is 5.43 Å². The molecule has 0 saturated carbocycles. The second-order valence-corrected chi connectivity index (χ2v) is 9.52. The van der Waals surface area contributed by atoms with Gasteiger partial charge in [0.25, 0.3) is 5.91 Å². The summed E-state index contributed by atoms with van der Waals surface area (Å²) in [7, 11) is 0. The molecule has 0 saturated heterocycles. The van der Waals surface area contributed by atoms with E-state index >= 15 is 0 Å². The van der Waals surface area contributed by atoms with Crippen LogP contribution >= 0.6 is 50.7 Å². The number of alkyl halides is 6. The molecule has 1 unspecified atom stereocenters. The van der Waals surface area contributed by atoms with Crippen molar-refractivity contribution in [1.82, 2.24) is 10.4 Å². The minimum Gasteiger partial charge on any atom is -0.282 e. The highest BCUT2D eigenvalue weighted by molar-refractivity contribution is 9.10. The normalized spacial score (nSPS) is 13.3. The number of aromatic nitrogens is 1. The smallest absolute Gasteiger partial charge is 0.282 e. The first-order valence-electron chi connectivity index (χ1n) is 10.1. The lowest BCUT2D eigenvalue weighted by atomic mass is 9.95. The van der Waals surface area contributed by atoms with Gasteiger partial charge in [-0.25, -0.2) is 9.37 Å². The highest BCUT2D eigenvalue weighted by atomic mass is 79.9. The number of benzene rings is 2. The minimum atomic E-state index is -5.16. The standard InChI is InChI=1S/C23H12BrCl3F7N3O/c24-18-2-1-3-19(35-18)36-37-21(38)12-5-4-10(6-14(12)23(32,33)34)17(28)9-13(22(29,30)31)11-7-15(25)20(27)16(26)8-11/h1-9,13H,(H,35,36)(H,37,38). The molecule has 0 aliphatic heterocycles. The van der Waals surface area contributed by atoms with E-state index in [2.05, 4.69) is 26.3 Å². The fourth-order valence-corrected chi connectivity index (χ4v) is 4.12. The molecular weight excluding hydrogens is 654 g/mol. The SMILES string of the molecule is O=C(NNc1cccc(Br)n1)c1ccc(C(F)=CC(c2cc(Cl)c(Cl)c(Cl)c2)C(F)(F)F)cc1C(F)(F)F. The van der Waals surface area contributed by atoms with Crippen molar-refractivity contribution in [2.24, 2.45) is 0 Å². The monoisotopic (exact) mass is 663 g/mol. The summed E-state index contributed by atoms with van der Waals surface area (Å²) < 4.78 is 97.8. The Morgan fingerprint density at radius 3 is 2.16 bits per heavy atom. The molecule has 3 rings (SSSR count). The van der Waals surface area contributed by atoms with Gasteiger partial charge in [-0.2, -0.15) is 26.3 Å². The predicted molar refractivity (Wildman–Crippen MR) is 134 cm³/mol. The lowest BCUT2D eigenvalue weighted by Gasteiger charge is -2.19. The molecule has 0 spiro atoms.